The Morgan fingerprint density at radius 3 is 1.73 bits per heavy atom. The molecule has 0 heterocycles. The van der Waals surface area contributed by atoms with Crippen molar-refractivity contribution < 1.29 is 39.0 Å². The average Bonchev–Trinajstić information content (AvgIpc) is 2.86. The van der Waals surface area contributed by atoms with Gasteiger partial charge in [0.1, 0.15) is 17.9 Å². The molecule has 0 fully saturated rings. The molecular formula is C28H51N4O8P. The number of ketones is 1. The number of unbranched alkanes of at least 4 members (excludes halogenated alkanes) is 1. The summed E-state index contributed by atoms with van der Waals surface area (Å²) in [5.41, 5.74) is -0.192. The van der Waals surface area contributed by atoms with Crippen molar-refractivity contribution in [1.82, 2.24) is 21.3 Å². The molecule has 6 N–H and O–H groups in total. The molecule has 0 saturated carbocycles. The van der Waals surface area contributed by atoms with Gasteiger partial charge in [0.25, 0.3) is 0 Å². The number of amides is 3. The Kier molecular flexibility index (Phi) is 19.8. The first-order chi connectivity index (χ1) is 19.2. The summed E-state index contributed by atoms with van der Waals surface area (Å²) in [6, 6.07) is -2.82. The number of aliphatic carboxylic acids is 2. The molecule has 0 radical (unpaired) electrons. The van der Waals surface area contributed by atoms with Crippen LogP contribution < -0.4 is 21.3 Å². The fraction of sp³-hybridized carbons (Fsp3) is 0.786. The Balaban J connectivity index is 4.45. The minimum absolute atomic E-state index is 0.0577. The van der Waals surface area contributed by atoms with Crippen LogP contribution in [0.1, 0.15) is 98.8 Å². The number of hydrogen-bond acceptors (Lipinski definition) is 7. The number of carboxylic acids is 2. The number of nitrogens with one attached hydrogen (secondary N) is 4. The number of rotatable bonds is 23. The maximum atomic E-state index is 12.3. The molecule has 0 aromatic carbocycles. The summed E-state index contributed by atoms with van der Waals surface area (Å²) in [6.07, 6.45) is 5.26. The fourth-order valence-electron chi connectivity index (χ4n) is 3.96. The molecule has 13 heteroatoms. The summed E-state index contributed by atoms with van der Waals surface area (Å²) in [5.74, 6) is -3.95. The molecule has 0 aliphatic carbocycles. The van der Waals surface area contributed by atoms with Crippen molar-refractivity contribution in [2.24, 2.45) is 0 Å². The first-order valence-corrected chi connectivity index (χ1v) is 15.9. The highest BCUT2D eigenvalue weighted by Crippen LogP contribution is 2.13. The minimum atomic E-state index is -1.31. The summed E-state index contributed by atoms with van der Waals surface area (Å²) < 4.78 is 0. The second kappa shape index (κ2) is 21.2. The van der Waals surface area contributed by atoms with Crippen LogP contribution in [0, 0.1) is 0 Å². The lowest BCUT2D eigenvalue weighted by molar-refractivity contribution is -0.143. The molecule has 0 saturated heterocycles. The molecule has 0 rings (SSSR count). The van der Waals surface area contributed by atoms with Gasteiger partial charge >= 0.3 is 11.9 Å². The zero-order chi connectivity index (χ0) is 31.4. The van der Waals surface area contributed by atoms with Crippen LogP contribution in [0.4, 0.5) is 0 Å². The Labute approximate surface area is 245 Å². The summed E-state index contributed by atoms with van der Waals surface area (Å²) >= 11 is 0. The predicted molar refractivity (Wildman–Crippen MR) is 159 cm³/mol. The number of carbonyl (C=O) groups excluding carboxylic acids is 4. The van der Waals surface area contributed by atoms with E-state index in [2.05, 4.69) is 28.2 Å². The lowest BCUT2D eigenvalue weighted by atomic mass is 10.0. The summed E-state index contributed by atoms with van der Waals surface area (Å²) in [5, 5.41) is 29.6. The van der Waals surface area contributed by atoms with E-state index < -0.39 is 35.8 Å². The standard InChI is InChI=1S/C28H51N4O8P/c1-6-17-41-18-9-11-24(35)30-22(27(39)40)13-15-25(36)31-21(26(37)38)12-14-23(34)29-16-8-7-10-20(19(2)33)32-28(3,4)5/h20-22,32,41H,6-18H2,1-5H3,(H,29,34)(H,30,35)(H,31,36)(H,37,38)(H,39,40)/t20-,21-,22-/m0/s1. The Morgan fingerprint density at radius 1 is 0.707 bits per heavy atom. The van der Waals surface area contributed by atoms with Crippen molar-refractivity contribution in [2.45, 2.75) is 122 Å². The van der Waals surface area contributed by atoms with Crippen LogP contribution in [0.3, 0.4) is 0 Å². The topological polar surface area (TPSA) is 191 Å². The van der Waals surface area contributed by atoms with E-state index in [4.69, 9.17) is 0 Å². The highest BCUT2D eigenvalue weighted by molar-refractivity contribution is 7.37. The summed E-state index contributed by atoms with van der Waals surface area (Å²) in [7, 11) is 0.774. The van der Waals surface area contributed by atoms with Gasteiger partial charge in [-0.15, -0.1) is 8.58 Å². The van der Waals surface area contributed by atoms with Gasteiger partial charge in [-0.25, -0.2) is 9.59 Å². The maximum Gasteiger partial charge on any atom is 0.326 e. The monoisotopic (exact) mass is 602 g/mol. The minimum Gasteiger partial charge on any atom is -0.480 e. The van der Waals surface area contributed by atoms with Crippen molar-refractivity contribution >= 4 is 44.0 Å². The van der Waals surface area contributed by atoms with E-state index in [0.29, 0.717) is 25.8 Å². The Morgan fingerprint density at radius 2 is 1.24 bits per heavy atom. The number of Topliss-reactive ketones (excluding diaryl/α,β-unsaturated/α-hetero) is 1. The lowest BCUT2D eigenvalue weighted by Crippen LogP contribution is -2.47. The van der Waals surface area contributed by atoms with Gasteiger partial charge in [-0.05, 0) is 78.5 Å². The molecule has 3 amide bonds. The third-order valence-corrected chi connectivity index (χ3v) is 7.67. The van der Waals surface area contributed by atoms with Crippen molar-refractivity contribution in [3.63, 3.8) is 0 Å². The van der Waals surface area contributed by atoms with Crippen molar-refractivity contribution in [2.75, 3.05) is 18.9 Å². The van der Waals surface area contributed by atoms with E-state index in [1.807, 2.05) is 20.8 Å². The van der Waals surface area contributed by atoms with Gasteiger partial charge < -0.3 is 31.5 Å². The van der Waals surface area contributed by atoms with Crippen LogP contribution in [-0.2, 0) is 28.8 Å². The summed E-state index contributed by atoms with van der Waals surface area (Å²) in [4.78, 5) is 71.5. The van der Waals surface area contributed by atoms with E-state index >= 15 is 0 Å². The molecule has 0 aliphatic rings. The molecule has 4 atom stereocenters. The first kappa shape index (κ1) is 38.4. The highest BCUT2D eigenvalue weighted by Gasteiger charge is 2.24. The average molecular weight is 603 g/mol. The van der Waals surface area contributed by atoms with Gasteiger partial charge in [-0.3, -0.25) is 19.2 Å². The SMILES string of the molecule is CCCPCCCC(=O)N[C@@H](CCC(=O)N[C@@H](CCC(=O)NCCCC[C@H](NC(C)(C)C)C(C)=O)C(=O)O)C(=O)O. The van der Waals surface area contributed by atoms with E-state index in [-0.39, 0.29) is 55.4 Å². The van der Waals surface area contributed by atoms with E-state index in [1.165, 1.54) is 0 Å². The van der Waals surface area contributed by atoms with Crippen molar-refractivity contribution in [1.29, 1.82) is 0 Å². The van der Waals surface area contributed by atoms with Gasteiger partial charge in [0.15, 0.2) is 0 Å². The third kappa shape index (κ3) is 20.9. The van der Waals surface area contributed by atoms with E-state index in [1.54, 1.807) is 6.92 Å². The van der Waals surface area contributed by atoms with Gasteiger partial charge in [0.05, 0.1) is 6.04 Å². The Hall–Kier alpha value is -2.59. The van der Waals surface area contributed by atoms with Crippen LogP contribution in [0.15, 0.2) is 0 Å². The largest absolute Gasteiger partial charge is 0.480 e. The van der Waals surface area contributed by atoms with Gasteiger partial charge in [0.2, 0.25) is 17.7 Å². The van der Waals surface area contributed by atoms with Crippen LogP contribution in [0.5, 0.6) is 0 Å². The molecule has 0 bridgehead atoms. The van der Waals surface area contributed by atoms with Gasteiger partial charge in [-0.2, -0.15) is 0 Å². The van der Waals surface area contributed by atoms with Crippen molar-refractivity contribution in [3.05, 3.63) is 0 Å². The zero-order valence-corrected chi connectivity index (χ0v) is 26.3. The number of hydrogen-bond donors (Lipinski definition) is 6. The van der Waals surface area contributed by atoms with E-state index in [9.17, 15) is 39.0 Å². The molecule has 0 aliphatic heterocycles. The lowest BCUT2D eigenvalue weighted by Gasteiger charge is -2.27. The molecule has 236 valence electrons. The summed E-state index contributed by atoms with van der Waals surface area (Å²) in [6.45, 7) is 9.97. The van der Waals surface area contributed by atoms with E-state index in [0.717, 1.165) is 33.7 Å². The molecule has 12 nitrogen and oxygen atoms in total. The second-order valence-electron chi connectivity index (χ2n) is 11.3. The molecule has 0 aromatic rings. The maximum absolute atomic E-state index is 12.3. The molecular weight excluding hydrogens is 551 g/mol. The van der Waals surface area contributed by atoms with Crippen LogP contribution >= 0.6 is 8.58 Å². The predicted octanol–water partition coefficient (Wildman–Crippen LogP) is 2.19. The molecule has 41 heavy (non-hydrogen) atoms. The number of carbonyl (C=O) groups is 6. The third-order valence-electron chi connectivity index (χ3n) is 6.11. The number of carboxylic acid groups (broad SMARTS) is 2. The normalized spacial score (nSPS) is 13.8. The molecule has 0 spiro atoms. The van der Waals surface area contributed by atoms with Gasteiger partial charge in [0, 0.05) is 31.3 Å². The van der Waals surface area contributed by atoms with Crippen LogP contribution in [-0.4, -0.2) is 88.2 Å². The smallest absolute Gasteiger partial charge is 0.326 e. The van der Waals surface area contributed by atoms with Crippen molar-refractivity contribution in [3.8, 4) is 0 Å². The van der Waals surface area contributed by atoms with Crippen LogP contribution in [0.2, 0.25) is 0 Å². The zero-order valence-electron chi connectivity index (χ0n) is 25.3. The quantitative estimate of drug-likeness (QED) is 0.0752. The Bertz CT molecular complexity index is 863. The highest BCUT2D eigenvalue weighted by atomic mass is 31.1. The second-order valence-corrected chi connectivity index (χ2v) is 12.8. The fourth-order valence-corrected chi connectivity index (χ4v) is 4.99. The molecule has 1 unspecified atom stereocenters. The molecule has 0 aromatic heterocycles. The van der Waals surface area contributed by atoms with Gasteiger partial charge in [-0.1, -0.05) is 13.3 Å². The van der Waals surface area contributed by atoms with Crippen LogP contribution in [0.25, 0.3) is 0 Å². The first-order valence-electron chi connectivity index (χ1n) is 14.5.